The summed E-state index contributed by atoms with van der Waals surface area (Å²) in [6.45, 7) is 1.78. The maximum Gasteiger partial charge on any atom is 0.336 e. The van der Waals surface area contributed by atoms with Crippen molar-refractivity contribution in [3.63, 3.8) is 0 Å². The number of ether oxygens (including phenoxy) is 2. The van der Waals surface area contributed by atoms with E-state index < -0.39 is 11.9 Å². The fraction of sp³-hybridized carbons (Fsp3) is 0.208. The van der Waals surface area contributed by atoms with E-state index in [0.717, 1.165) is 11.1 Å². The zero-order valence-corrected chi connectivity index (χ0v) is 18.8. The monoisotopic (exact) mass is 449 g/mol. The number of esters is 1. The Balaban J connectivity index is 1.78. The number of aromatic nitrogens is 2. The van der Waals surface area contributed by atoms with Crippen LogP contribution in [0, 0.1) is 0 Å². The number of hydrogen-bond donors (Lipinski definition) is 2. The molecule has 0 fully saturated rings. The fourth-order valence-corrected chi connectivity index (χ4v) is 4.58. The van der Waals surface area contributed by atoms with Gasteiger partial charge in [-0.25, -0.2) is 9.78 Å². The van der Waals surface area contributed by atoms with Gasteiger partial charge < -0.3 is 19.8 Å². The molecule has 7 nitrogen and oxygen atoms in total. The van der Waals surface area contributed by atoms with Gasteiger partial charge in [0.1, 0.15) is 11.6 Å². The summed E-state index contributed by atoms with van der Waals surface area (Å²) in [5.41, 5.74) is 2.89. The molecule has 3 aromatic rings. The van der Waals surface area contributed by atoms with E-state index in [-0.39, 0.29) is 5.56 Å². The van der Waals surface area contributed by atoms with Gasteiger partial charge in [0.2, 0.25) is 0 Å². The lowest BCUT2D eigenvalue weighted by molar-refractivity contribution is -0.136. The molecule has 1 unspecified atom stereocenters. The molecule has 1 aromatic heterocycles. The second-order valence-corrected chi connectivity index (χ2v) is 8.24. The van der Waals surface area contributed by atoms with Crippen LogP contribution in [0.5, 0.6) is 5.75 Å². The lowest BCUT2D eigenvalue weighted by Gasteiger charge is -2.28. The number of benzene rings is 2. The second-order valence-electron chi connectivity index (χ2n) is 7.27. The predicted molar refractivity (Wildman–Crippen MR) is 124 cm³/mol. The number of aromatic amines is 1. The van der Waals surface area contributed by atoms with Crippen molar-refractivity contribution in [1.29, 1.82) is 0 Å². The molecular weight excluding hydrogens is 426 g/mol. The minimum Gasteiger partial charge on any atom is -0.497 e. The lowest BCUT2D eigenvalue weighted by Crippen LogP contribution is -2.31. The third-order valence-electron chi connectivity index (χ3n) is 5.27. The Morgan fingerprint density at radius 1 is 1.12 bits per heavy atom. The number of nitrogens with zero attached hydrogens (tertiary/aromatic N) is 1. The SMILES string of the molecule is COC(=O)C1=C(C)Nc2nc(SCc3ccccc3)[nH]c(=O)c2C1c1cccc(OC)c1. The van der Waals surface area contributed by atoms with Gasteiger partial charge in [0, 0.05) is 11.4 Å². The number of fused-ring (bicyclic) bond motifs is 1. The van der Waals surface area contributed by atoms with Gasteiger partial charge in [-0.1, -0.05) is 54.2 Å². The molecule has 0 spiro atoms. The van der Waals surface area contributed by atoms with E-state index in [1.54, 1.807) is 14.0 Å². The minimum atomic E-state index is -0.641. The number of allylic oxidation sites excluding steroid dienone is 1. The quantitative estimate of drug-likeness (QED) is 0.333. The molecular formula is C24H23N3O4S. The first kappa shape index (κ1) is 21.7. The van der Waals surface area contributed by atoms with Crippen LogP contribution >= 0.6 is 11.8 Å². The molecule has 1 atom stereocenters. The summed E-state index contributed by atoms with van der Waals surface area (Å²) in [5.74, 6) is 0.587. The Kier molecular flexibility index (Phi) is 6.32. The van der Waals surface area contributed by atoms with Crippen molar-refractivity contribution in [2.24, 2.45) is 0 Å². The third kappa shape index (κ3) is 4.27. The van der Waals surface area contributed by atoms with Gasteiger partial charge in [0.05, 0.1) is 31.3 Å². The van der Waals surface area contributed by atoms with Crippen molar-refractivity contribution in [3.8, 4) is 5.75 Å². The van der Waals surface area contributed by atoms with Gasteiger partial charge in [-0.15, -0.1) is 0 Å². The van der Waals surface area contributed by atoms with Crippen LogP contribution in [0.25, 0.3) is 0 Å². The Labute approximate surface area is 189 Å². The van der Waals surface area contributed by atoms with Crippen LogP contribution < -0.4 is 15.6 Å². The van der Waals surface area contributed by atoms with Crippen LogP contribution in [0.3, 0.4) is 0 Å². The summed E-state index contributed by atoms with van der Waals surface area (Å²) >= 11 is 1.44. The summed E-state index contributed by atoms with van der Waals surface area (Å²) in [5, 5.41) is 3.64. The average Bonchev–Trinajstić information content (AvgIpc) is 2.82. The van der Waals surface area contributed by atoms with E-state index in [0.29, 0.717) is 39.3 Å². The molecule has 1 aliphatic heterocycles. The largest absolute Gasteiger partial charge is 0.497 e. The van der Waals surface area contributed by atoms with Crippen molar-refractivity contribution >= 4 is 23.5 Å². The average molecular weight is 450 g/mol. The van der Waals surface area contributed by atoms with E-state index in [9.17, 15) is 9.59 Å². The number of nitrogens with one attached hydrogen (secondary N) is 2. The van der Waals surface area contributed by atoms with Crippen molar-refractivity contribution in [1.82, 2.24) is 9.97 Å². The Morgan fingerprint density at radius 3 is 2.62 bits per heavy atom. The Bertz CT molecular complexity index is 1240. The van der Waals surface area contributed by atoms with Gasteiger partial charge in [0.25, 0.3) is 5.56 Å². The maximum absolute atomic E-state index is 13.2. The third-order valence-corrected chi connectivity index (χ3v) is 6.22. The zero-order chi connectivity index (χ0) is 22.7. The number of H-pyrrole nitrogens is 1. The molecule has 0 saturated carbocycles. The molecule has 0 radical (unpaired) electrons. The molecule has 0 saturated heterocycles. The number of thioether (sulfide) groups is 1. The van der Waals surface area contributed by atoms with Gasteiger partial charge in [-0.2, -0.15) is 0 Å². The maximum atomic E-state index is 13.2. The van der Waals surface area contributed by atoms with Crippen LogP contribution in [-0.4, -0.2) is 30.2 Å². The van der Waals surface area contributed by atoms with Crippen LogP contribution in [0.4, 0.5) is 5.82 Å². The Morgan fingerprint density at radius 2 is 1.91 bits per heavy atom. The Hall–Kier alpha value is -3.52. The molecule has 8 heteroatoms. The van der Waals surface area contributed by atoms with Gasteiger partial charge in [-0.3, -0.25) is 4.79 Å². The highest BCUT2D eigenvalue weighted by molar-refractivity contribution is 7.98. The molecule has 1 aliphatic rings. The number of methoxy groups -OCH3 is 2. The molecule has 2 heterocycles. The number of hydrogen-bond acceptors (Lipinski definition) is 7. The lowest BCUT2D eigenvalue weighted by atomic mass is 9.82. The first-order valence-electron chi connectivity index (χ1n) is 10.0. The summed E-state index contributed by atoms with van der Waals surface area (Å²) < 4.78 is 10.4. The topological polar surface area (TPSA) is 93.3 Å². The fourth-order valence-electron chi connectivity index (χ4n) is 3.76. The number of carbonyl (C=O) groups is 1. The molecule has 2 aromatic carbocycles. The van der Waals surface area contributed by atoms with E-state index in [2.05, 4.69) is 15.3 Å². The molecule has 0 amide bonds. The standard InChI is InChI=1S/C24H23N3O4S/c1-14-18(23(29)31-3)19(16-10-7-11-17(12-16)30-2)20-21(25-14)26-24(27-22(20)28)32-13-15-8-5-4-6-9-15/h4-12,19H,13H2,1-3H3,(H2,25,26,27,28). The molecule has 4 rings (SSSR count). The van der Waals surface area contributed by atoms with E-state index in [4.69, 9.17) is 9.47 Å². The van der Waals surface area contributed by atoms with Crippen LogP contribution in [0.1, 0.15) is 29.5 Å². The minimum absolute atomic E-state index is 0.306. The number of anilines is 1. The molecule has 0 bridgehead atoms. The highest BCUT2D eigenvalue weighted by Crippen LogP contribution is 2.40. The first-order valence-corrected chi connectivity index (χ1v) is 11.0. The van der Waals surface area contributed by atoms with E-state index in [1.807, 2.05) is 54.6 Å². The second kappa shape index (κ2) is 9.32. The highest BCUT2D eigenvalue weighted by atomic mass is 32.2. The highest BCUT2D eigenvalue weighted by Gasteiger charge is 2.36. The van der Waals surface area contributed by atoms with Crippen molar-refractivity contribution in [2.45, 2.75) is 23.8 Å². The first-order chi connectivity index (χ1) is 15.5. The molecule has 32 heavy (non-hydrogen) atoms. The van der Waals surface area contributed by atoms with Crippen LogP contribution in [0.2, 0.25) is 0 Å². The van der Waals surface area contributed by atoms with Crippen molar-refractivity contribution in [3.05, 3.63) is 92.9 Å². The van der Waals surface area contributed by atoms with Crippen molar-refractivity contribution < 1.29 is 14.3 Å². The summed E-state index contributed by atoms with van der Waals surface area (Å²) in [4.78, 5) is 33.5. The smallest absolute Gasteiger partial charge is 0.336 e. The number of carbonyl (C=O) groups excluding carboxylic acids is 1. The van der Waals surface area contributed by atoms with E-state index in [1.165, 1.54) is 18.9 Å². The molecule has 164 valence electrons. The van der Waals surface area contributed by atoms with Crippen LogP contribution in [-0.2, 0) is 15.3 Å². The molecule has 0 aliphatic carbocycles. The van der Waals surface area contributed by atoms with Gasteiger partial charge >= 0.3 is 5.97 Å². The molecule has 2 N–H and O–H groups in total. The van der Waals surface area contributed by atoms with Crippen molar-refractivity contribution in [2.75, 3.05) is 19.5 Å². The van der Waals surface area contributed by atoms with Gasteiger partial charge in [0.15, 0.2) is 5.16 Å². The normalized spacial score (nSPS) is 15.0. The number of rotatable bonds is 6. The zero-order valence-electron chi connectivity index (χ0n) is 18.0. The summed E-state index contributed by atoms with van der Waals surface area (Å²) in [6, 6.07) is 17.3. The predicted octanol–water partition coefficient (Wildman–Crippen LogP) is 4.08. The van der Waals surface area contributed by atoms with E-state index >= 15 is 0 Å². The summed E-state index contributed by atoms with van der Waals surface area (Å²) in [6.07, 6.45) is 0. The summed E-state index contributed by atoms with van der Waals surface area (Å²) in [7, 11) is 2.90. The van der Waals surface area contributed by atoms with Crippen LogP contribution in [0.15, 0.2) is 75.8 Å². The van der Waals surface area contributed by atoms with Gasteiger partial charge in [-0.05, 0) is 30.2 Å².